The summed E-state index contributed by atoms with van der Waals surface area (Å²) in [5.41, 5.74) is 8.16. The molecule has 0 aromatic heterocycles. The lowest BCUT2D eigenvalue weighted by Crippen LogP contribution is -2.15. The van der Waals surface area contributed by atoms with Crippen molar-refractivity contribution in [3.63, 3.8) is 0 Å². The maximum atomic E-state index is 5.99. The third-order valence-corrected chi connectivity index (χ3v) is 3.37. The Labute approximate surface area is 115 Å². The average molecular weight is 336 g/mol. The van der Waals surface area contributed by atoms with Gasteiger partial charge >= 0.3 is 0 Å². The quantitative estimate of drug-likeness (QED) is 0.522. The van der Waals surface area contributed by atoms with Crippen LogP contribution in [0, 0.1) is 3.57 Å². The number of rotatable bonds is 3. The van der Waals surface area contributed by atoms with E-state index in [-0.39, 0.29) is 0 Å². The van der Waals surface area contributed by atoms with Crippen LogP contribution in [0.1, 0.15) is 11.1 Å². The lowest BCUT2D eigenvalue weighted by atomic mass is 10.2. The van der Waals surface area contributed by atoms with Crippen LogP contribution in [0.15, 0.2) is 59.6 Å². The Bertz CT molecular complexity index is 521. The number of amidine groups is 1. The fraction of sp³-hybridized carbons (Fsp3) is 0.0714. The summed E-state index contributed by atoms with van der Waals surface area (Å²) in [5.74, 6) is 0.596. The van der Waals surface area contributed by atoms with Crippen molar-refractivity contribution >= 4 is 28.4 Å². The van der Waals surface area contributed by atoms with Crippen LogP contribution < -0.4 is 5.73 Å². The standard InChI is InChI=1S/C14H13IN2/c15-13-9-5-4-8-12(13)14(16)17-10-11-6-2-1-3-7-11/h1-9H,10H2,(H2,16,17). The van der Waals surface area contributed by atoms with E-state index < -0.39 is 0 Å². The molecule has 0 fully saturated rings. The van der Waals surface area contributed by atoms with Gasteiger partial charge in [0.15, 0.2) is 0 Å². The van der Waals surface area contributed by atoms with Crippen LogP contribution >= 0.6 is 22.6 Å². The summed E-state index contributed by atoms with van der Waals surface area (Å²) >= 11 is 2.27. The van der Waals surface area contributed by atoms with Gasteiger partial charge in [0, 0.05) is 9.13 Å². The van der Waals surface area contributed by atoms with Gasteiger partial charge in [-0.05, 0) is 34.2 Å². The Hall–Kier alpha value is -1.36. The first kappa shape index (κ1) is 12.1. The fourth-order valence-electron chi connectivity index (χ4n) is 1.51. The molecule has 0 unspecified atom stereocenters. The molecule has 0 atom stereocenters. The van der Waals surface area contributed by atoms with Crippen molar-refractivity contribution in [3.8, 4) is 0 Å². The number of nitrogens with zero attached hydrogens (tertiary/aromatic N) is 1. The van der Waals surface area contributed by atoms with E-state index >= 15 is 0 Å². The van der Waals surface area contributed by atoms with Crippen molar-refractivity contribution in [2.24, 2.45) is 10.7 Å². The van der Waals surface area contributed by atoms with E-state index in [1.54, 1.807) is 0 Å². The molecule has 86 valence electrons. The van der Waals surface area contributed by atoms with E-state index in [4.69, 9.17) is 5.73 Å². The second kappa shape index (κ2) is 5.82. The van der Waals surface area contributed by atoms with Crippen molar-refractivity contribution in [2.75, 3.05) is 0 Å². The number of benzene rings is 2. The molecule has 0 saturated heterocycles. The molecule has 17 heavy (non-hydrogen) atoms. The van der Waals surface area contributed by atoms with Crippen molar-refractivity contribution in [1.82, 2.24) is 0 Å². The van der Waals surface area contributed by atoms with E-state index in [0.717, 1.165) is 9.13 Å². The van der Waals surface area contributed by atoms with Crippen LogP contribution in [-0.4, -0.2) is 5.84 Å². The summed E-state index contributed by atoms with van der Waals surface area (Å²) in [4.78, 5) is 4.42. The van der Waals surface area contributed by atoms with Crippen molar-refractivity contribution < 1.29 is 0 Å². The zero-order valence-corrected chi connectivity index (χ0v) is 11.5. The van der Waals surface area contributed by atoms with E-state index in [1.165, 1.54) is 5.56 Å². The van der Waals surface area contributed by atoms with Crippen LogP contribution in [0.3, 0.4) is 0 Å². The number of hydrogen-bond acceptors (Lipinski definition) is 1. The molecule has 0 bridgehead atoms. The molecule has 3 heteroatoms. The normalized spacial score (nSPS) is 11.5. The van der Waals surface area contributed by atoms with Crippen LogP contribution in [0.4, 0.5) is 0 Å². The topological polar surface area (TPSA) is 38.4 Å². The Morgan fingerprint density at radius 1 is 1.00 bits per heavy atom. The average Bonchev–Trinajstić information content (AvgIpc) is 2.38. The van der Waals surface area contributed by atoms with Gasteiger partial charge in [-0.25, -0.2) is 0 Å². The minimum Gasteiger partial charge on any atom is -0.383 e. The summed E-state index contributed by atoms with van der Waals surface area (Å²) in [7, 11) is 0. The molecule has 0 saturated carbocycles. The van der Waals surface area contributed by atoms with Gasteiger partial charge in [-0.15, -0.1) is 0 Å². The third kappa shape index (κ3) is 3.30. The highest BCUT2D eigenvalue weighted by Crippen LogP contribution is 2.11. The second-order valence-electron chi connectivity index (χ2n) is 3.67. The Morgan fingerprint density at radius 2 is 1.65 bits per heavy atom. The molecule has 2 aromatic rings. The Kier molecular flexibility index (Phi) is 4.14. The molecule has 0 amide bonds. The molecule has 0 radical (unpaired) electrons. The van der Waals surface area contributed by atoms with E-state index in [2.05, 4.69) is 27.6 Å². The highest BCUT2D eigenvalue weighted by Gasteiger charge is 2.02. The first-order valence-electron chi connectivity index (χ1n) is 5.36. The number of halogens is 1. The lowest BCUT2D eigenvalue weighted by Gasteiger charge is -2.03. The van der Waals surface area contributed by atoms with Gasteiger partial charge in [-0.1, -0.05) is 48.5 Å². The molecule has 2 rings (SSSR count). The van der Waals surface area contributed by atoms with Crippen LogP contribution in [0.2, 0.25) is 0 Å². The Balaban J connectivity index is 2.16. The Morgan fingerprint density at radius 3 is 2.35 bits per heavy atom. The molecular weight excluding hydrogens is 323 g/mol. The number of aliphatic imine (C=N–C) groups is 1. The minimum absolute atomic E-state index is 0.596. The molecule has 0 aliphatic heterocycles. The molecule has 2 nitrogen and oxygen atoms in total. The summed E-state index contributed by atoms with van der Waals surface area (Å²) in [5, 5.41) is 0. The van der Waals surface area contributed by atoms with Gasteiger partial charge in [0.05, 0.1) is 6.54 Å². The fourth-order valence-corrected chi connectivity index (χ4v) is 2.18. The maximum absolute atomic E-state index is 5.99. The van der Waals surface area contributed by atoms with Gasteiger partial charge in [-0.2, -0.15) is 0 Å². The molecule has 2 N–H and O–H groups in total. The largest absolute Gasteiger partial charge is 0.383 e. The number of nitrogens with two attached hydrogens (primary N) is 1. The van der Waals surface area contributed by atoms with Gasteiger partial charge in [0.1, 0.15) is 5.84 Å². The summed E-state index contributed by atoms with van der Waals surface area (Å²) in [6.07, 6.45) is 0. The highest BCUT2D eigenvalue weighted by atomic mass is 127. The summed E-state index contributed by atoms with van der Waals surface area (Å²) in [6.45, 7) is 0.623. The second-order valence-corrected chi connectivity index (χ2v) is 4.83. The summed E-state index contributed by atoms with van der Waals surface area (Å²) < 4.78 is 1.12. The molecule has 2 aromatic carbocycles. The summed E-state index contributed by atoms with van der Waals surface area (Å²) in [6, 6.07) is 18.1. The maximum Gasteiger partial charge on any atom is 0.127 e. The minimum atomic E-state index is 0.596. The van der Waals surface area contributed by atoms with Crippen LogP contribution in [0.5, 0.6) is 0 Å². The predicted octanol–water partition coefficient (Wildman–Crippen LogP) is 3.20. The smallest absolute Gasteiger partial charge is 0.127 e. The molecule has 0 heterocycles. The van der Waals surface area contributed by atoms with E-state index in [0.29, 0.717) is 12.4 Å². The SMILES string of the molecule is NC(=NCc1ccccc1)c1ccccc1I. The van der Waals surface area contributed by atoms with Gasteiger partial charge in [-0.3, -0.25) is 4.99 Å². The van der Waals surface area contributed by atoms with Crippen molar-refractivity contribution in [2.45, 2.75) is 6.54 Å². The first-order valence-corrected chi connectivity index (χ1v) is 6.44. The predicted molar refractivity (Wildman–Crippen MR) is 80.0 cm³/mol. The highest BCUT2D eigenvalue weighted by molar-refractivity contribution is 14.1. The zero-order chi connectivity index (χ0) is 12.1. The molecule has 0 spiro atoms. The molecule has 0 aliphatic rings. The zero-order valence-electron chi connectivity index (χ0n) is 9.31. The first-order chi connectivity index (χ1) is 8.27. The lowest BCUT2D eigenvalue weighted by molar-refractivity contribution is 1.06. The van der Waals surface area contributed by atoms with Crippen LogP contribution in [0.25, 0.3) is 0 Å². The third-order valence-electron chi connectivity index (χ3n) is 2.42. The van der Waals surface area contributed by atoms with Gasteiger partial charge < -0.3 is 5.73 Å². The van der Waals surface area contributed by atoms with Crippen molar-refractivity contribution in [3.05, 3.63) is 69.3 Å². The van der Waals surface area contributed by atoms with Crippen LogP contribution in [-0.2, 0) is 6.54 Å². The van der Waals surface area contributed by atoms with E-state index in [1.807, 2.05) is 54.6 Å². The van der Waals surface area contributed by atoms with Gasteiger partial charge in [0.25, 0.3) is 0 Å². The van der Waals surface area contributed by atoms with Crippen molar-refractivity contribution in [1.29, 1.82) is 0 Å². The monoisotopic (exact) mass is 336 g/mol. The van der Waals surface area contributed by atoms with Gasteiger partial charge in [0.2, 0.25) is 0 Å². The number of hydrogen-bond donors (Lipinski definition) is 1. The van der Waals surface area contributed by atoms with E-state index in [9.17, 15) is 0 Å². The molecule has 0 aliphatic carbocycles. The molecular formula is C14H13IN2.